The maximum atomic E-state index is 13.7. The zero-order chi connectivity index (χ0) is 32.2. The number of carbonyl (C=O) groups is 3. The zero-order valence-corrected chi connectivity index (χ0v) is 23.6. The second kappa shape index (κ2) is 13.0. The summed E-state index contributed by atoms with van der Waals surface area (Å²) in [5.74, 6) is -3.05. The molecular weight excluding hydrogens is 592 g/mol. The molecule has 1 aliphatic rings. The van der Waals surface area contributed by atoms with Crippen LogP contribution in [-0.2, 0) is 28.6 Å². The number of fused-ring (bicyclic) bond motifs is 1. The summed E-state index contributed by atoms with van der Waals surface area (Å²) in [6.07, 6.45) is -9.73. The number of anilines is 1. The van der Waals surface area contributed by atoms with Crippen molar-refractivity contribution in [3.8, 4) is 5.75 Å². The van der Waals surface area contributed by atoms with Gasteiger partial charge in [0, 0.05) is 23.7 Å². The number of amides is 3. The Hall–Kier alpha value is -4.55. The Bertz CT molecular complexity index is 1520. The van der Waals surface area contributed by atoms with Crippen molar-refractivity contribution in [2.75, 3.05) is 4.90 Å². The molecule has 0 saturated heterocycles. The Morgan fingerprint density at radius 1 is 0.955 bits per heavy atom. The molecular formula is C31H29F6N3O4. The van der Waals surface area contributed by atoms with Crippen molar-refractivity contribution in [3.63, 3.8) is 0 Å². The number of aryl methyl sites for hydroxylation is 1. The number of hydrogen-bond acceptors (Lipinski definition) is 4. The SMILES string of the molecule is CC(C)N1C(=O)[C@H](NC(=O)[C@@H](Cc2ccccc2OC(F)(F)F)NC(=O)c2cccc(C(F)(F)F)c2)CCc2ccccc21. The lowest BCUT2D eigenvalue weighted by Gasteiger charge is -2.30. The van der Waals surface area contributed by atoms with Crippen molar-refractivity contribution in [1.82, 2.24) is 10.6 Å². The number of benzene rings is 3. The van der Waals surface area contributed by atoms with E-state index in [0.29, 0.717) is 18.2 Å². The van der Waals surface area contributed by atoms with Gasteiger partial charge in [0.05, 0.1) is 5.56 Å². The third-order valence-corrected chi connectivity index (χ3v) is 7.02. The fourth-order valence-electron chi connectivity index (χ4n) is 5.01. The van der Waals surface area contributed by atoms with Crippen LogP contribution in [0.1, 0.15) is 47.3 Å². The second-order valence-electron chi connectivity index (χ2n) is 10.5. The Kier molecular flexibility index (Phi) is 9.55. The molecule has 44 heavy (non-hydrogen) atoms. The molecule has 4 rings (SSSR count). The highest BCUT2D eigenvalue weighted by Gasteiger charge is 2.36. The smallest absolute Gasteiger partial charge is 0.406 e. The number of para-hydroxylation sites is 2. The van der Waals surface area contributed by atoms with E-state index in [4.69, 9.17) is 0 Å². The summed E-state index contributed by atoms with van der Waals surface area (Å²) in [6.45, 7) is 3.60. The fourth-order valence-corrected chi connectivity index (χ4v) is 5.01. The molecule has 1 aliphatic heterocycles. The van der Waals surface area contributed by atoms with E-state index >= 15 is 0 Å². The molecule has 7 nitrogen and oxygen atoms in total. The maximum Gasteiger partial charge on any atom is 0.573 e. The van der Waals surface area contributed by atoms with Crippen LogP contribution >= 0.6 is 0 Å². The van der Waals surface area contributed by atoms with Crippen molar-refractivity contribution in [2.24, 2.45) is 0 Å². The van der Waals surface area contributed by atoms with Crippen molar-refractivity contribution in [3.05, 3.63) is 95.1 Å². The van der Waals surface area contributed by atoms with Crippen molar-refractivity contribution < 1.29 is 45.5 Å². The average Bonchev–Trinajstić information content (AvgIpc) is 3.08. The number of halogens is 6. The van der Waals surface area contributed by atoms with Crippen LogP contribution in [0.25, 0.3) is 0 Å². The number of nitrogens with one attached hydrogen (secondary N) is 2. The maximum absolute atomic E-state index is 13.7. The number of rotatable bonds is 8. The minimum atomic E-state index is -5.06. The summed E-state index contributed by atoms with van der Waals surface area (Å²) in [5.41, 5.74) is -0.0922. The summed E-state index contributed by atoms with van der Waals surface area (Å²) in [7, 11) is 0. The standard InChI is InChI=1S/C31H29F6N3O4/c1-18(2)40-25-12-5-3-8-19(25)14-15-23(29(40)43)38-28(42)24(17-20-9-4-6-13-26(20)44-31(35,36)37)39-27(41)21-10-7-11-22(16-21)30(32,33)34/h3-13,16,18,23-24H,14-15,17H2,1-2H3,(H,38,42)(H,39,41)/t23-,24-/m1/s1. The van der Waals surface area contributed by atoms with Gasteiger partial charge in [0.1, 0.15) is 17.8 Å². The van der Waals surface area contributed by atoms with E-state index in [1.807, 2.05) is 12.1 Å². The van der Waals surface area contributed by atoms with Gasteiger partial charge in [0.15, 0.2) is 0 Å². The van der Waals surface area contributed by atoms with E-state index in [-0.39, 0.29) is 18.0 Å². The van der Waals surface area contributed by atoms with Gasteiger partial charge in [-0.25, -0.2) is 0 Å². The van der Waals surface area contributed by atoms with E-state index in [1.54, 1.807) is 26.0 Å². The predicted octanol–water partition coefficient (Wildman–Crippen LogP) is 5.82. The van der Waals surface area contributed by atoms with Crippen molar-refractivity contribution in [2.45, 2.75) is 63.8 Å². The predicted molar refractivity (Wildman–Crippen MR) is 149 cm³/mol. The number of nitrogens with zero attached hydrogens (tertiary/aromatic N) is 1. The highest BCUT2D eigenvalue weighted by molar-refractivity contribution is 6.02. The molecule has 2 N–H and O–H groups in total. The molecule has 0 aromatic heterocycles. The van der Waals surface area contributed by atoms with Crippen molar-refractivity contribution >= 4 is 23.4 Å². The van der Waals surface area contributed by atoms with E-state index in [0.717, 1.165) is 29.8 Å². The first kappa shape index (κ1) is 32.4. The molecule has 13 heteroatoms. The molecule has 0 bridgehead atoms. The Labute approximate surface area is 249 Å². The number of ether oxygens (including phenoxy) is 1. The zero-order valence-electron chi connectivity index (χ0n) is 23.6. The largest absolute Gasteiger partial charge is 0.573 e. The molecule has 3 aromatic rings. The Balaban J connectivity index is 1.64. The van der Waals surface area contributed by atoms with Crippen molar-refractivity contribution in [1.29, 1.82) is 0 Å². The van der Waals surface area contributed by atoms with Gasteiger partial charge in [0.25, 0.3) is 5.91 Å². The molecule has 234 valence electrons. The first-order valence-electron chi connectivity index (χ1n) is 13.7. The van der Waals surface area contributed by atoms with Crippen LogP contribution in [0.5, 0.6) is 5.75 Å². The summed E-state index contributed by atoms with van der Waals surface area (Å²) in [5, 5.41) is 4.96. The minimum absolute atomic E-state index is 0.113. The lowest BCUT2D eigenvalue weighted by atomic mass is 10.0. The topological polar surface area (TPSA) is 87.7 Å². The molecule has 3 amide bonds. The van der Waals surface area contributed by atoms with Gasteiger partial charge in [0.2, 0.25) is 11.8 Å². The van der Waals surface area contributed by atoms with E-state index in [2.05, 4.69) is 15.4 Å². The Morgan fingerprint density at radius 3 is 2.32 bits per heavy atom. The monoisotopic (exact) mass is 621 g/mol. The van der Waals surface area contributed by atoms with Gasteiger partial charge in [-0.2, -0.15) is 13.2 Å². The molecule has 0 spiro atoms. The van der Waals surface area contributed by atoms with E-state index in [9.17, 15) is 40.7 Å². The molecule has 1 heterocycles. The third kappa shape index (κ3) is 7.88. The Morgan fingerprint density at radius 2 is 1.64 bits per heavy atom. The number of alkyl halides is 6. The lowest BCUT2D eigenvalue weighted by molar-refractivity contribution is -0.274. The van der Waals surface area contributed by atoms with Crippen LogP contribution in [0.4, 0.5) is 32.0 Å². The van der Waals surface area contributed by atoms with Gasteiger partial charge >= 0.3 is 12.5 Å². The van der Waals surface area contributed by atoms with Crippen LogP contribution in [0.15, 0.2) is 72.8 Å². The summed E-state index contributed by atoms with van der Waals surface area (Å²) >= 11 is 0. The highest BCUT2D eigenvalue weighted by atomic mass is 19.4. The first-order chi connectivity index (χ1) is 20.6. The van der Waals surface area contributed by atoms with E-state index in [1.165, 1.54) is 23.1 Å². The molecule has 2 atom stereocenters. The second-order valence-corrected chi connectivity index (χ2v) is 10.5. The van der Waals surface area contributed by atoms with Crippen LogP contribution in [0, 0.1) is 0 Å². The van der Waals surface area contributed by atoms with Crippen LogP contribution < -0.4 is 20.3 Å². The van der Waals surface area contributed by atoms with Gasteiger partial charge in [-0.15, -0.1) is 13.2 Å². The molecule has 0 radical (unpaired) electrons. The number of hydrogen-bond donors (Lipinski definition) is 2. The molecule has 0 unspecified atom stereocenters. The van der Waals surface area contributed by atoms with Crippen LogP contribution in [0.3, 0.4) is 0 Å². The molecule has 0 fully saturated rings. The van der Waals surface area contributed by atoms with Gasteiger partial charge in [-0.05, 0) is 68.1 Å². The normalized spacial score (nSPS) is 16.2. The van der Waals surface area contributed by atoms with Crippen LogP contribution in [0.2, 0.25) is 0 Å². The lowest BCUT2D eigenvalue weighted by Crippen LogP contribution is -2.55. The summed E-state index contributed by atoms with van der Waals surface area (Å²) in [6, 6.07) is 12.7. The summed E-state index contributed by atoms with van der Waals surface area (Å²) < 4.78 is 83.1. The van der Waals surface area contributed by atoms with E-state index < -0.39 is 65.6 Å². The minimum Gasteiger partial charge on any atom is -0.406 e. The molecule has 0 aliphatic carbocycles. The van der Waals surface area contributed by atoms with Crippen LogP contribution in [-0.4, -0.2) is 42.2 Å². The number of carbonyl (C=O) groups excluding carboxylic acids is 3. The van der Waals surface area contributed by atoms with Gasteiger partial charge in [-0.1, -0.05) is 42.5 Å². The average molecular weight is 622 g/mol. The summed E-state index contributed by atoms with van der Waals surface area (Å²) in [4.78, 5) is 41.9. The quantitative estimate of drug-likeness (QED) is 0.311. The third-order valence-electron chi connectivity index (χ3n) is 7.02. The molecule has 3 aromatic carbocycles. The van der Waals surface area contributed by atoms with Gasteiger partial charge in [-0.3, -0.25) is 14.4 Å². The first-order valence-corrected chi connectivity index (χ1v) is 13.7. The highest BCUT2D eigenvalue weighted by Crippen LogP contribution is 2.31. The molecule has 0 saturated carbocycles. The van der Waals surface area contributed by atoms with Gasteiger partial charge < -0.3 is 20.3 Å². The fraction of sp³-hybridized carbons (Fsp3) is 0.323.